The number of ether oxygens (including phenoxy) is 1. The van der Waals surface area contributed by atoms with Crippen molar-refractivity contribution in [3.05, 3.63) is 67.2 Å². The number of aromatic nitrogens is 4. The number of amides is 1. The number of aryl methyl sites for hydroxylation is 3. The number of halogens is 1. The average Bonchev–Trinajstić information content (AvgIpc) is 3.08. The maximum Gasteiger partial charge on any atom is 0.255 e. The lowest BCUT2D eigenvalue weighted by molar-refractivity contribution is 0.0632. The van der Waals surface area contributed by atoms with Gasteiger partial charge in [0.25, 0.3) is 11.5 Å². The van der Waals surface area contributed by atoms with Crippen LogP contribution in [0.4, 0.5) is 0 Å². The van der Waals surface area contributed by atoms with E-state index in [2.05, 4.69) is 15.3 Å². The number of nitrogens with zero attached hydrogens (tertiary/aromatic N) is 4. The lowest BCUT2D eigenvalue weighted by Crippen LogP contribution is -2.39. The first kappa shape index (κ1) is 23.2. The van der Waals surface area contributed by atoms with Crippen LogP contribution < -0.4 is 5.56 Å². The van der Waals surface area contributed by atoms with Gasteiger partial charge in [0, 0.05) is 30.4 Å². The van der Waals surface area contributed by atoms with Crippen LogP contribution in [-0.4, -0.2) is 43.4 Å². The minimum Gasteiger partial charge on any atom is -0.374 e. The summed E-state index contributed by atoms with van der Waals surface area (Å²) < 4.78 is 7.41. The van der Waals surface area contributed by atoms with Gasteiger partial charge in [-0.05, 0) is 51.3 Å². The maximum absolute atomic E-state index is 13.5. The van der Waals surface area contributed by atoms with Crippen molar-refractivity contribution in [1.82, 2.24) is 24.9 Å². The summed E-state index contributed by atoms with van der Waals surface area (Å²) in [5.74, 6) is -0.188. The van der Waals surface area contributed by atoms with Gasteiger partial charge in [-0.25, -0.2) is 4.68 Å². The maximum atomic E-state index is 13.5. The molecule has 1 amide bonds. The summed E-state index contributed by atoms with van der Waals surface area (Å²) in [7, 11) is 1.80. The number of hydrogen-bond donors (Lipinski definition) is 1. The Morgan fingerprint density at radius 3 is 2.67 bits per heavy atom. The summed E-state index contributed by atoms with van der Waals surface area (Å²) in [6, 6.07) is 5.77. The molecule has 0 fully saturated rings. The van der Waals surface area contributed by atoms with Gasteiger partial charge in [0.1, 0.15) is 0 Å². The Kier molecular flexibility index (Phi) is 6.41. The molecule has 4 rings (SSSR count). The van der Waals surface area contributed by atoms with Gasteiger partial charge in [0.2, 0.25) is 0 Å². The number of pyridine rings is 1. The third-order valence-electron chi connectivity index (χ3n) is 5.92. The number of fused-ring (bicyclic) bond motifs is 1. The molecule has 1 aliphatic heterocycles. The smallest absolute Gasteiger partial charge is 0.255 e. The van der Waals surface area contributed by atoms with Gasteiger partial charge in [0.15, 0.2) is 0 Å². The fraction of sp³-hybridized carbons (Fsp3) is 0.417. The number of aromatic amines is 1. The summed E-state index contributed by atoms with van der Waals surface area (Å²) in [6.07, 6.45) is 0.689. The van der Waals surface area contributed by atoms with Crippen LogP contribution in [0, 0.1) is 13.8 Å². The van der Waals surface area contributed by atoms with Crippen molar-refractivity contribution in [2.24, 2.45) is 7.05 Å². The third kappa shape index (κ3) is 4.45. The number of H-pyrrole nitrogens is 1. The lowest BCUT2D eigenvalue weighted by Gasteiger charge is -2.30. The van der Waals surface area contributed by atoms with E-state index in [-0.39, 0.29) is 24.1 Å². The van der Waals surface area contributed by atoms with Gasteiger partial charge in [-0.15, -0.1) is 5.10 Å². The second-order valence-corrected chi connectivity index (χ2v) is 9.11. The van der Waals surface area contributed by atoms with Crippen molar-refractivity contribution in [2.75, 3.05) is 6.54 Å². The molecule has 0 unspecified atom stereocenters. The Balaban J connectivity index is 1.70. The minimum absolute atomic E-state index is 0.0307. The van der Waals surface area contributed by atoms with Crippen LogP contribution in [-0.2, 0) is 31.4 Å². The standard InChI is InChI=1S/C24H28ClN5O3/c1-13(2)33-12-17-10-14(3)26-23(31)19(17)11-30-9-8-16-6-7-18(21(25)20(16)24(30)32)22-15(4)27-28-29(22)5/h6-7,10,13H,8-9,11-12H2,1-5H3,(H,26,31). The number of rotatable bonds is 6. The van der Waals surface area contributed by atoms with Crippen molar-refractivity contribution in [2.45, 2.75) is 53.4 Å². The van der Waals surface area contributed by atoms with Crippen LogP contribution in [0.1, 0.15) is 52.3 Å². The molecule has 9 heteroatoms. The monoisotopic (exact) mass is 469 g/mol. The fourth-order valence-corrected chi connectivity index (χ4v) is 4.62. The van der Waals surface area contributed by atoms with E-state index in [4.69, 9.17) is 16.3 Å². The Bertz CT molecular complexity index is 1260. The number of benzene rings is 1. The van der Waals surface area contributed by atoms with Crippen molar-refractivity contribution in [1.29, 1.82) is 0 Å². The SMILES string of the molecule is Cc1cc(COC(C)C)c(CN2CCc3ccc(-c4c(C)nnn4C)c(Cl)c3C2=O)c(=O)[nH]1. The highest BCUT2D eigenvalue weighted by molar-refractivity contribution is 6.36. The first-order valence-corrected chi connectivity index (χ1v) is 11.4. The second kappa shape index (κ2) is 9.11. The van der Waals surface area contributed by atoms with Gasteiger partial charge >= 0.3 is 0 Å². The molecular weight excluding hydrogens is 442 g/mol. The van der Waals surface area contributed by atoms with Crippen molar-refractivity contribution in [3.8, 4) is 11.3 Å². The first-order valence-electron chi connectivity index (χ1n) is 11.0. The zero-order valence-corrected chi connectivity index (χ0v) is 20.3. The molecule has 0 spiro atoms. The van der Waals surface area contributed by atoms with Crippen LogP contribution in [0.25, 0.3) is 11.3 Å². The summed E-state index contributed by atoms with van der Waals surface area (Å²) >= 11 is 6.79. The lowest BCUT2D eigenvalue weighted by atomic mass is 9.94. The van der Waals surface area contributed by atoms with E-state index < -0.39 is 0 Å². The predicted molar refractivity (Wildman–Crippen MR) is 126 cm³/mol. The molecule has 174 valence electrons. The molecule has 0 radical (unpaired) electrons. The molecule has 0 saturated carbocycles. The van der Waals surface area contributed by atoms with Crippen molar-refractivity contribution in [3.63, 3.8) is 0 Å². The van der Waals surface area contributed by atoms with E-state index in [9.17, 15) is 9.59 Å². The fourth-order valence-electron chi connectivity index (χ4n) is 4.27. The predicted octanol–water partition coefficient (Wildman–Crippen LogP) is 3.56. The van der Waals surface area contributed by atoms with E-state index in [0.29, 0.717) is 35.7 Å². The quantitative estimate of drug-likeness (QED) is 0.595. The number of hydrogen-bond acceptors (Lipinski definition) is 5. The highest BCUT2D eigenvalue weighted by Gasteiger charge is 2.30. The molecule has 3 heterocycles. The molecule has 1 N–H and O–H groups in total. The van der Waals surface area contributed by atoms with Gasteiger partial charge in [0.05, 0.1) is 41.2 Å². The van der Waals surface area contributed by atoms with E-state index in [1.807, 2.05) is 45.9 Å². The summed E-state index contributed by atoms with van der Waals surface area (Å²) in [4.78, 5) is 30.9. The van der Waals surface area contributed by atoms with E-state index in [1.54, 1.807) is 16.6 Å². The molecule has 0 bridgehead atoms. The summed E-state index contributed by atoms with van der Waals surface area (Å²) in [5.41, 5.74) is 5.49. The second-order valence-electron chi connectivity index (χ2n) is 8.73. The zero-order valence-electron chi connectivity index (χ0n) is 19.5. The van der Waals surface area contributed by atoms with Gasteiger partial charge in [-0.3, -0.25) is 9.59 Å². The molecule has 33 heavy (non-hydrogen) atoms. The van der Waals surface area contributed by atoms with E-state index in [1.165, 1.54) is 0 Å². The average molecular weight is 470 g/mol. The Labute approximate surface area is 197 Å². The molecule has 8 nitrogen and oxygen atoms in total. The molecule has 0 aliphatic carbocycles. The van der Waals surface area contributed by atoms with Gasteiger partial charge in [-0.1, -0.05) is 28.9 Å². The number of carbonyl (C=O) groups excluding carboxylic acids is 1. The van der Waals surface area contributed by atoms with Crippen LogP contribution in [0.3, 0.4) is 0 Å². The Morgan fingerprint density at radius 2 is 2.00 bits per heavy atom. The highest BCUT2D eigenvalue weighted by Crippen LogP contribution is 2.36. The molecule has 0 saturated heterocycles. The zero-order chi connectivity index (χ0) is 23.9. The summed E-state index contributed by atoms with van der Waals surface area (Å²) in [6.45, 7) is 8.60. The number of carbonyl (C=O) groups is 1. The minimum atomic E-state index is -0.201. The molecule has 3 aromatic rings. The topological polar surface area (TPSA) is 93.1 Å². The Morgan fingerprint density at radius 1 is 1.24 bits per heavy atom. The van der Waals surface area contributed by atoms with E-state index in [0.717, 1.165) is 33.8 Å². The third-order valence-corrected chi connectivity index (χ3v) is 6.31. The Hall–Kier alpha value is -2.97. The molecular formula is C24H28ClN5O3. The van der Waals surface area contributed by atoms with Crippen LogP contribution in [0.2, 0.25) is 5.02 Å². The first-order chi connectivity index (χ1) is 15.7. The van der Waals surface area contributed by atoms with Crippen molar-refractivity contribution >= 4 is 17.5 Å². The van der Waals surface area contributed by atoms with Gasteiger partial charge < -0.3 is 14.6 Å². The molecule has 1 aliphatic rings. The normalized spacial score (nSPS) is 13.7. The highest BCUT2D eigenvalue weighted by atomic mass is 35.5. The van der Waals surface area contributed by atoms with Crippen molar-refractivity contribution < 1.29 is 9.53 Å². The van der Waals surface area contributed by atoms with E-state index >= 15 is 0 Å². The molecule has 1 aromatic carbocycles. The molecule has 2 aromatic heterocycles. The number of nitrogens with one attached hydrogen (secondary N) is 1. The van der Waals surface area contributed by atoms with Crippen LogP contribution in [0.5, 0.6) is 0 Å². The van der Waals surface area contributed by atoms with Crippen LogP contribution >= 0.6 is 11.6 Å². The largest absolute Gasteiger partial charge is 0.374 e. The van der Waals surface area contributed by atoms with Gasteiger partial charge in [-0.2, -0.15) is 0 Å². The molecule has 0 atom stereocenters. The van der Waals surface area contributed by atoms with Crippen LogP contribution in [0.15, 0.2) is 23.0 Å². The summed E-state index contributed by atoms with van der Waals surface area (Å²) in [5, 5.41) is 8.54.